The van der Waals surface area contributed by atoms with Gasteiger partial charge < -0.3 is 5.73 Å². The van der Waals surface area contributed by atoms with Crippen LogP contribution in [0.2, 0.25) is 0 Å². The van der Waals surface area contributed by atoms with Crippen molar-refractivity contribution < 1.29 is 13.3 Å². The van der Waals surface area contributed by atoms with Gasteiger partial charge in [0.1, 0.15) is 0 Å². The first kappa shape index (κ1) is 18.8. The van der Waals surface area contributed by atoms with E-state index in [4.69, 9.17) is 5.73 Å². The molecule has 1 aromatic carbocycles. The first-order chi connectivity index (χ1) is 9.75. The number of halogens is 1. The lowest BCUT2D eigenvalue weighted by Crippen LogP contribution is -2.48. The summed E-state index contributed by atoms with van der Waals surface area (Å²) >= 11 is 0. The Kier molecular flexibility index (Phi) is 5.91. The van der Waals surface area contributed by atoms with Gasteiger partial charge in [-0.3, -0.25) is 10.1 Å². The van der Waals surface area contributed by atoms with Crippen LogP contribution in [-0.4, -0.2) is 36.8 Å². The molecule has 1 aliphatic rings. The molecule has 0 bridgehead atoms. The summed E-state index contributed by atoms with van der Waals surface area (Å²) in [6.45, 7) is 4.03. The Morgan fingerprint density at radius 3 is 2.59 bits per heavy atom. The SMILES string of the molecule is Cc1cccc([N+](=O)[O-])c1S(=O)(=O)N1CCC(N)C(C)C1.Cl. The summed E-state index contributed by atoms with van der Waals surface area (Å²) in [6.07, 6.45) is 0.556. The molecule has 0 radical (unpaired) electrons. The monoisotopic (exact) mass is 349 g/mol. The molecule has 7 nitrogen and oxygen atoms in total. The van der Waals surface area contributed by atoms with Gasteiger partial charge in [0.2, 0.25) is 10.0 Å². The van der Waals surface area contributed by atoms with Crippen LogP contribution in [0.15, 0.2) is 23.1 Å². The van der Waals surface area contributed by atoms with E-state index in [0.29, 0.717) is 18.5 Å². The van der Waals surface area contributed by atoms with Gasteiger partial charge in [-0.15, -0.1) is 12.4 Å². The number of nitro groups is 1. The van der Waals surface area contributed by atoms with Crippen molar-refractivity contribution >= 4 is 28.1 Å². The maximum absolute atomic E-state index is 12.8. The van der Waals surface area contributed by atoms with Crippen LogP contribution in [0.4, 0.5) is 5.69 Å². The highest BCUT2D eigenvalue weighted by Crippen LogP contribution is 2.31. The fourth-order valence-electron chi connectivity index (χ4n) is 2.59. The van der Waals surface area contributed by atoms with Crippen molar-refractivity contribution in [1.29, 1.82) is 0 Å². The molecule has 2 unspecified atom stereocenters. The lowest BCUT2D eigenvalue weighted by molar-refractivity contribution is -0.387. The van der Waals surface area contributed by atoms with Gasteiger partial charge in [-0.25, -0.2) is 8.42 Å². The van der Waals surface area contributed by atoms with Gasteiger partial charge in [-0.1, -0.05) is 19.1 Å². The molecule has 0 amide bonds. The van der Waals surface area contributed by atoms with Crippen molar-refractivity contribution in [2.75, 3.05) is 13.1 Å². The molecule has 22 heavy (non-hydrogen) atoms. The van der Waals surface area contributed by atoms with Crippen molar-refractivity contribution in [3.8, 4) is 0 Å². The van der Waals surface area contributed by atoms with Crippen LogP contribution in [0.25, 0.3) is 0 Å². The summed E-state index contributed by atoms with van der Waals surface area (Å²) in [5, 5.41) is 11.1. The van der Waals surface area contributed by atoms with Crippen LogP contribution in [0, 0.1) is 23.0 Å². The topological polar surface area (TPSA) is 107 Å². The normalized spacial score (nSPS) is 22.9. The number of sulfonamides is 1. The quantitative estimate of drug-likeness (QED) is 0.660. The average Bonchev–Trinajstić information content (AvgIpc) is 2.41. The Bertz CT molecular complexity index is 665. The van der Waals surface area contributed by atoms with Crippen molar-refractivity contribution in [3.05, 3.63) is 33.9 Å². The molecule has 1 aliphatic heterocycles. The van der Waals surface area contributed by atoms with Gasteiger partial charge in [0.15, 0.2) is 4.90 Å². The molecule has 2 atom stereocenters. The second-order valence-corrected chi connectivity index (χ2v) is 7.35. The highest BCUT2D eigenvalue weighted by molar-refractivity contribution is 7.89. The second-order valence-electron chi connectivity index (χ2n) is 5.47. The molecule has 1 saturated heterocycles. The molecule has 0 aliphatic carbocycles. The molecule has 2 rings (SSSR count). The molecular formula is C13H20ClN3O4S. The Hall–Kier alpha value is -1.22. The van der Waals surface area contributed by atoms with Crippen LogP contribution in [0.1, 0.15) is 18.9 Å². The number of nitrogens with zero attached hydrogens (tertiary/aromatic N) is 2. The largest absolute Gasteiger partial charge is 0.327 e. The van der Waals surface area contributed by atoms with Crippen molar-refractivity contribution in [1.82, 2.24) is 4.31 Å². The number of benzene rings is 1. The van der Waals surface area contributed by atoms with E-state index in [-0.39, 0.29) is 41.5 Å². The molecule has 0 aromatic heterocycles. The molecular weight excluding hydrogens is 330 g/mol. The van der Waals surface area contributed by atoms with Crippen LogP contribution >= 0.6 is 12.4 Å². The molecule has 0 spiro atoms. The van der Waals surface area contributed by atoms with E-state index in [9.17, 15) is 18.5 Å². The lowest BCUT2D eigenvalue weighted by atomic mass is 9.96. The summed E-state index contributed by atoms with van der Waals surface area (Å²) in [4.78, 5) is 10.3. The first-order valence-electron chi connectivity index (χ1n) is 6.75. The number of piperidine rings is 1. The van der Waals surface area contributed by atoms with Gasteiger partial charge in [-0.05, 0) is 24.8 Å². The number of hydrogen-bond acceptors (Lipinski definition) is 5. The van der Waals surface area contributed by atoms with Crippen molar-refractivity contribution in [2.45, 2.75) is 31.2 Å². The number of rotatable bonds is 3. The first-order valence-corrected chi connectivity index (χ1v) is 8.19. The third kappa shape index (κ3) is 3.40. The smallest absolute Gasteiger partial charge is 0.289 e. The molecule has 1 heterocycles. The zero-order valence-corrected chi connectivity index (χ0v) is 14.1. The highest BCUT2D eigenvalue weighted by atomic mass is 35.5. The maximum Gasteiger partial charge on any atom is 0.289 e. The zero-order valence-electron chi connectivity index (χ0n) is 12.4. The standard InChI is InChI=1S/C13H19N3O4S.ClH/c1-9-4-3-5-12(16(17)18)13(9)21(19,20)15-7-6-11(14)10(2)8-15;/h3-5,10-11H,6-8,14H2,1-2H3;1H. The summed E-state index contributed by atoms with van der Waals surface area (Å²) < 4.78 is 26.8. The molecule has 1 aromatic rings. The summed E-state index contributed by atoms with van der Waals surface area (Å²) in [7, 11) is -3.89. The minimum Gasteiger partial charge on any atom is -0.327 e. The van der Waals surface area contributed by atoms with E-state index >= 15 is 0 Å². The Morgan fingerprint density at radius 1 is 1.41 bits per heavy atom. The predicted molar refractivity (Wildman–Crippen MR) is 85.6 cm³/mol. The molecule has 9 heteroatoms. The fraction of sp³-hybridized carbons (Fsp3) is 0.538. The van der Waals surface area contributed by atoms with Gasteiger partial charge >= 0.3 is 0 Å². The minimum absolute atomic E-state index is 0. The molecule has 2 N–H and O–H groups in total. The maximum atomic E-state index is 12.8. The van der Waals surface area contributed by atoms with Crippen LogP contribution in [0.5, 0.6) is 0 Å². The van der Waals surface area contributed by atoms with E-state index in [1.54, 1.807) is 13.0 Å². The van der Waals surface area contributed by atoms with Crippen LogP contribution < -0.4 is 5.73 Å². The third-order valence-corrected chi connectivity index (χ3v) is 5.98. The summed E-state index contributed by atoms with van der Waals surface area (Å²) in [5.74, 6) is 0.0246. The Morgan fingerprint density at radius 2 is 2.05 bits per heavy atom. The van der Waals surface area contributed by atoms with Gasteiger partial charge in [0, 0.05) is 25.2 Å². The van der Waals surface area contributed by atoms with E-state index in [0.717, 1.165) is 0 Å². The van der Waals surface area contributed by atoms with E-state index < -0.39 is 14.9 Å². The predicted octanol–water partition coefficient (Wildman–Crippen LogP) is 1.68. The highest BCUT2D eigenvalue weighted by Gasteiger charge is 2.36. The van der Waals surface area contributed by atoms with E-state index in [1.165, 1.54) is 16.4 Å². The Balaban J connectivity index is 0.00000242. The summed E-state index contributed by atoms with van der Waals surface area (Å²) in [5.41, 5.74) is 5.90. The van der Waals surface area contributed by atoms with Crippen LogP contribution in [0.3, 0.4) is 0 Å². The second kappa shape index (κ2) is 6.91. The number of aryl methyl sites for hydroxylation is 1. The Labute approximate surface area is 136 Å². The molecule has 124 valence electrons. The average molecular weight is 350 g/mol. The van der Waals surface area contributed by atoms with Crippen molar-refractivity contribution in [3.63, 3.8) is 0 Å². The van der Waals surface area contributed by atoms with Gasteiger partial charge in [0.05, 0.1) is 4.92 Å². The minimum atomic E-state index is -3.89. The molecule has 1 fully saturated rings. The zero-order chi connectivity index (χ0) is 15.8. The number of hydrogen-bond donors (Lipinski definition) is 1. The van der Waals surface area contributed by atoms with Crippen LogP contribution in [-0.2, 0) is 10.0 Å². The van der Waals surface area contributed by atoms with E-state index in [2.05, 4.69) is 0 Å². The van der Waals surface area contributed by atoms with Gasteiger partial charge in [-0.2, -0.15) is 4.31 Å². The van der Waals surface area contributed by atoms with Gasteiger partial charge in [0.25, 0.3) is 5.69 Å². The summed E-state index contributed by atoms with van der Waals surface area (Å²) in [6, 6.07) is 4.24. The lowest BCUT2D eigenvalue weighted by Gasteiger charge is -2.34. The molecule has 0 saturated carbocycles. The number of nitro benzene ring substituents is 1. The third-order valence-electron chi connectivity index (χ3n) is 3.92. The fourth-order valence-corrected chi connectivity index (χ4v) is 4.51. The van der Waals surface area contributed by atoms with Crippen molar-refractivity contribution in [2.24, 2.45) is 11.7 Å². The number of nitrogens with two attached hydrogens (primary N) is 1. The van der Waals surface area contributed by atoms with E-state index in [1.807, 2.05) is 6.92 Å².